The molecule has 0 spiro atoms. The number of nitrogen functional groups attached to an aromatic ring is 2. The van der Waals surface area contributed by atoms with E-state index in [0.29, 0.717) is 17.9 Å². The Hall–Kier alpha value is -2.44. The summed E-state index contributed by atoms with van der Waals surface area (Å²) in [5.41, 5.74) is 15.8. The third-order valence-corrected chi connectivity index (χ3v) is 3.95. The van der Waals surface area contributed by atoms with Crippen LogP contribution in [0.2, 0.25) is 0 Å². The third kappa shape index (κ3) is 3.90. The molecule has 0 radical (unpaired) electrons. The predicted molar refractivity (Wildman–Crippen MR) is 99.7 cm³/mol. The Bertz CT molecular complexity index is 680. The van der Waals surface area contributed by atoms with E-state index in [0.717, 1.165) is 16.9 Å². The van der Waals surface area contributed by atoms with Crippen LogP contribution in [0, 0.1) is 0 Å². The molecule has 6 N–H and O–H groups in total. The van der Waals surface area contributed by atoms with Crippen molar-refractivity contribution in [2.24, 2.45) is 0 Å². The highest BCUT2D eigenvalue weighted by atomic mass is 16.3. The maximum absolute atomic E-state index is 10.0. The van der Waals surface area contributed by atoms with Gasteiger partial charge in [0.2, 0.25) is 0 Å². The quantitative estimate of drug-likeness (QED) is 0.477. The van der Waals surface area contributed by atoms with Gasteiger partial charge in [0.05, 0.1) is 11.4 Å². The molecule has 0 aliphatic rings. The van der Waals surface area contributed by atoms with Gasteiger partial charge in [-0.15, -0.1) is 0 Å². The minimum absolute atomic E-state index is 0.557. The van der Waals surface area contributed by atoms with Crippen molar-refractivity contribution in [2.75, 3.05) is 28.3 Å². The lowest BCUT2D eigenvalue weighted by molar-refractivity contribution is 0.105. The molecule has 24 heavy (non-hydrogen) atoms. The van der Waals surface area contributed by atoms with E-state index in [9.17, 15) is 10.2 Å². The largest absolute Gasteiger partial charge is 0.399 e. The van der Waals surface area contributed by atoms with Gasteiger partial charge in [-0.3, -0.25) is 0 Å². The number of aliphatic hydroxyl groups excluding tert-OH is 2. The van der Waals surface area contributed by atoms with Gasteiger partial charge in [0.25, 0.3) is 0 Å². The Labute approximate surface area is 142 Å². The van der Waals surface area contributed by atoms with Crippen LogP contribution >= 0.6 is 0 Å². The molecule has 0 amide bonds. The van der Waals surface area contributed by atoms with Gasteiger partial charge in [-0.2, -0.15) is 0 Å². The normalized spacial score (nSPS) is 13.4. The van der Waals surface area contributed by atoms with E-state index in [4.69, 9.17) is 11.5 Å². The van der Waals surface area contributed by atoms with Crippen molar-refractivity contribution in [3.63, 3.8) is 0 Å². The first-order valence-corrected chi connectivity index (χ1v) is 7.89. The van der Waals surface area contributed by atoms with E-state index in [1.165, 1.54) is 0 Å². The lowest BCUT2D eigenvalue weighted by Gasteiger charge is -2.34. The highest BCUT2D eigenvalue weighted by Gasteiger charge is 2.21. The molecule has 0 aliphatic heterocycles. The molecule has 0 fully saturated rings. The standard InChI is InChI=1S/C18H26N4O2/c1-12(23)22(13(2)24)18-7-5-4-6-17(18)21(3)11-14-10-15(19)8-9-16(14)20/h4-10,12-13,23-24H,11,19-20H2,1-3H3. The average Bonchev–Trinajstić information content (AvgIpc) is 2.50. The second kappa shape index (κ2) is 7.42. The summed E-state index contributed by atoms with van der Waals surface area (Å²) >= 11 is 0. The van der Waals surface area contributed by atoms with Gasteiger partial charge in [0, 0.05) is 25.0 Å². The summed E-state index contributed by atoms with van der Waals surface area (Å²) in [6, 6.07) is 13.0. The molecule has 0 saturated heterocycles. The molecule has 2 aromatic carbocycles. The smallest absolute Gasteiger partial charge is 0.126 e. The van der Waals surface area contributed by atoms with E-state index < -0.39 is 12.5 Å². The van der Waals surface area contributed by atoms with Crippen LogP contribution in [0.25, 0.3) is 0 Å². The second-order valence-corrected chi connectivity index (χ2v) is 5.97. The predicted octanol–water partition coefficient (Wildman–Crippen LogP) is 1.97. The van der Waals surface area contributed by atoms with Crippen molar-refractivity contribution >= 4 is 22.7 Å². The highest BCUT2D eigenvalue weighted by molar-refractivity contribution is 5.72. The molecule has 2 unspecified atom stereocenters. The fraction of sp³-hybridized carbons (Fsp3) is 0.333. The summed E-state index contributed by atoms with van der Waals surface area (Å²) < 4.78 is 0. The zero-order valence-electron chi connectivity index (χ0n) is 14.3. The van der Waals surface area contributed by atoms with Gasteiger partial charge in [0.15, 0.2) is 0 Å². The Balaban J connectivity index is 2.36. The molecule has 0 bridgehead atoms. The summed E-state index contributed by atoms with van der Waals surface area (Å²) in [5, 5.41) is 20.0. The zero-order valence-corrected chi connectivity index (χ0v) is 14.3. The molecular weight excluding hydrogens is 304 g/mol. The Kier molecular flexibility index (Phi) is 5.54. The number of nitrogens with two attached hydrogens (primary N) is 2. The number of rotatable bonds is 6. The summed E-state index contributed by atoms with van der Waals surface area (Å²) in [6.45, 7) is 3.81. The van der Waals surface area contributed by atoms with E-state index in [-0.39, 0.29) is 0 Å². The highest BCUT2D eigenvalue weighted by Crippen LogP contribution is 2.32. The van der Waals surface area contributed by atoms with Gasteiger partial charge >= 0.3 is 0 Å². The van der Waals surface area contributed by atoms with Gasteiger partial charge < -0.3 is 31.5 Å². The molecule has 6 nitrogen and oxygen atoms in total. The number of nitrogens with zero attached hydrogens (tertiary/aromatic N) is 2. The van der Waals surface area contributed by atoms with E-state index in [1.54, 1.807) is 30.9 Å². The minimum atomic E-state index is -0.822. The Morgan fingerprint density at radius 2 is 1.54 bits per heavy atom. The van der Waals surface area contributed by atoms with Crippen molar-refractivity contribution in [3.05, 3.63) is 48.0 Å². The molecular formula is C18H26N4O2. The Morgan fingerprint density at radius 3 is 2.12 bits per heavy atom. The van der Waals surface area contributed by atoms with Gasteiger partial charge in [-0.1, -0.05) is 12.1 Å². The van der Waals surface area contributed by atoms with Crippen LogP contribution in [0.3, 0.4) is 0 Å². The van der Waals surface area contributed by atoms with Crippen LogP contribution < -0.4 is 21.3 Å². The first-order chi connectivity index (χ1) is 11.3. The molecule has 0 saturated carbocycles. The molecule has 0 aromatic heterocycles. The molecule has 0 aliphatic carbocycles. The average molecular weight is 330 g/mol. The van der Waals surface area contributed by atoms with Crippen LogP contribution in [0.4, 0.5) is 22.7 Å². The fourth-order valence-electron chi connectivity index (χ4n) is 2.82. The van der Waals surface area contributed by atoms with Crippen molar-refractivity contribution in [1.82, 2.24) is 0 Å². The summed E-state index contributed by atoms with van der Waals surface area (Å²) in [4.78, 5) is 3.56. The first kappa shape index (κ1) is 17.9. The van der Waals surface area contributed by atoms with Gasteiger partial charge in [0.1, 0.15) is 12.5 Å². The molecule has 0 heterocycles. The second-order valence-electron chi connectivity index (χ2n) is 5.97. The number of benzene rings is 2. The van der Waals surface area contributed by atoms with Crippen LogP contribution in [0.1, 0.15) is 19.4 Å². The van der Waals surface area contributed by atoms with Crippen molar-refractivity contribution in [1.29, 1.82) is 0 Å². The van der Waals surface area contributed by atoms with Crippen LogP contribution in [0.15, 0.2) is 42.5 Å². The lowest BCUT2D eigenvalue weighted by atomic mass is 10.1. The van der Waals surface area contributed by atoms with Crippen molar-refractivity contribution < 1.29 is 10.2 Å². The summed E-state index contributed by atoms with van der Waals surface area (Å²) in [7, 11) is 1.93. The number of hydrogen-bond acceptors (Lipinski definition) is 6. The SMILES string of the molecule is CC(O)N(c1ccccc1N(C)Cc1cc(N)ccc1N)C(C)O. The minimum Gasteiger partial charge on any atom is -0.399 e. The molecule has 6 heteroatoms. The Morgan fingerprint density at radius 1 is 0.958 bits per heavy atom. The zero-order chi connectivity index (χ0) is 17.9. The van der Waals surface area contributed by atoms with E-state index in [2.05, 4.69) is 0 Å². The number of para-hydroxylation sites is 2. The first-order valence-electron chi connectivity index (χ1n) is 7.89. The van der Waals surface area contributed by atoms with E-state index >= 15 is 0 Å². The van der Waals surface area contributed by atoms with E-state index in [1.807, 2.05) is 42.3 Å². The van der Waals surface area contributed by atoms with Crippen LogP contribution in [0.5, 0.6) is 0 Å². The monoisotopic (exact) mass is 330 g/mol. The van der Waals surface area contributed by atoms with Crippen LogP contribution in [-0.2, 0) is 6.54 Å². The van der Waals surface area contributed by atoms with Crippen molar-refractivity contribution in [3.8, 4) is 0 Å². The lowest BCUT2D eigenvalue weighted by Crippen LogP contribution is -2.41. The maximum atomic E-state index is 10.0. The molecule has 2 aromatic rings. The topological polar surface area (TPSA) is 99.0 Å². The van der Waals surface area contributed by atoms with Crippen molar-refractivity contribution in [2.45, 2.75) is 32.8 Å². The van der Waals surface area contributed by atoms with Gasteiger partial charge in [-0.05, 0) is 49.7 Å². The fourth-order valence-corrected chi connectivity index (χ4v) is 2.82. The maximum Gasteiger partial charge on any atom is 0.126 e. The molecule has 2 rings (SSSR count). The number of hydrogen-bond donors (Lipinski definition) is 4. The van der Waals surface area contributed by atoms with Crippen LogP contribution in [-0.4, -0.2) is 29.7 Å². The summed E-state index contributed by atoms with van der Waals surface area (Å²) in [5.74, 6) is 0. The molecule has 2 atom stereocenters. The third-order valence-electron chi connectivity index (χ3n) is 3.95. The molecule has 130 valence electrons. The number of anilines is 4. The summed E-state index contributed by atoms with van der Waals surface area (Å²) in [6.07, 6.45) is -1.64. The number of aliphatic hydroxyl groups is 2. The van der Waals surface area contributed by atoms with Gasteiger partial charge in [-0.25, -0.2) is 0 Å².